The first kappa shape index (κ1) is 12.1. The number of amidine groups is 1. The Morgan fingerprint density at radius 2 is 2.39 bits per heavy atom. The van der Waals surface area contributed by atoms with Gasteiger partial charge < -0.3 is 10.5 Å². The van der Waals surface area contributed by atoms with Crippen molar-refractivity contribution in [2.75, 3.05) is 0 Å². The predicted octanol–water partition coefficient (Wildman–Crippen LogP) is 1.76. The maximum absolute atomic E-state index is 7.35. The minimum absolute atomic E-state index is 0.0103. The zero-order valence-electron chi connectivity index (χ0n) is 10.1. The van der Waals surface area contributed by atoms with E-state index in [0.717, 1.165) is 13.0 Å². The molecule has 2 heterocycles. The van der Waals surface area contributed by atoms with Gasteiger partial charge in [-0.15, -0.1) is 0 Å². The Bertz CT molecular complexity index is 549. The number of nitrogens with one attached hydrogen (secondary N) is 1. The van der Waals surface area contributed by atoms with Crippen LogP contribution in [0.25, 0.3) is 0 Å². The first-order valence-electron chi connectivity index (χ1n) is 5.70. The van der Waals surface area contributed by atoms with E-state index < -0.39 is 0 Å². The van der Waals surface area contributed by atoms with E-state index in [1.807, 2.05) is 10.9 Å². The number of aryl methyl sites for hydroxylation is 1. The first-order valence-corrected chi connectivity index (χ1v) is 5.70. The van der Waals surface area contributed by atoms with Gasteiger partial charge in [0.25, 0.3) is 0 Å². The Kier molecular flexibility index (Phi) is 3.57. The van der Waals surface area contributed by atoms with E-state index in [4.69, 9.17) is 15.9 Å². The van der Waals surface area contributed by atoms with Crippen LogP contribution in [0.3, 0.4) is 0 Å². The molecule has 0 saturated carbocycles. The van der Waals surface area contributed by atoms with Crippen molar-refractivity contribution in [1.82, 2.24) is 14.8 Å². The van der Waals surface area contributed by atoms with Crippen LogP contribution in [-0.4, -0.2) is 20.6 Å². The fraction of sp³-hybridized carbons (Fsp3) is 0.250. The Labute approximate surface area is 105 Å². The quantitative estimate of drug-likeness (QED) is 0.620. The molecule has 0 unspecified atom stereocenters. The molecule has 0 atom stereocenters. The van der Waals surface area contributed by atoms with Crippen LogP contribution >= 0.6 is 0 Å². The number of nitrogens with two attached hydrogens (primary N) is 1. The number of hydrogen-bond acceptors (Lipinski definition) is 4. The summed E-state index contributed by atoms with van der Waals surface area (Å²) in [6.07, 6.45) is 6.02. The Morgan fingerprint density at radius 1 is 1.56 bits per heavy atom. The maximum Gasteiger partial charge on any atom is 0.220 e. The lowest BCUT2D eigenvalue weighted by Crippen LogP contribution is -2.11. The van der Waals surface area contributed by atoms with Gasteiger partial charge in [0.1, 0.15) is 5.84 Å². The summed E-state index contributed by atoms with van der Waals surface area (Å²) in [6, 6.07) is 3.29. The van der Waals surface area contributed by atoms with Crippen LogP contribution in [0.15, 0.2) is 30.7 Å². The molecule has 2 aromatic heterocycles. The summed E-state index contributed by atoms with van der Waals surface area (Å²) in [7, 11) is 0. The summed E-state index contributed by atoms with van der Waals surface area (Å²) >= 11 is 0. The largest absolute Gasteiger partial charge is 0.436 e. The first-order chi connectivity index (χ1) is 8.69. The van der Waals surface area contributed by atoms with Crippen LogP contribution in [-0.2, 0) is 6.54 Å². The van der Waals surface area contributed by atoms with E-state index in [1.54, 1.807) is 24.5 Å². The number of nitrogen functional groups attached to an aromatic ring is 1. The molecule has 18 heavy (non-hydrogen) atoms. The molecule has 2 aromatic rings. The molecule has 0 aromatic carbocycles. The minimum Gasteiger partial charge on any atom is -0.436 e. The Hall–Kier alpha value is -2.37. The smallest absolute Gasteiger partial charge is 0.220 e. The lowest BCUT2D eigenvalue weighted by Gasteiger charge is -2.03. The molecule has 0 saturated heterocycles. The standard InChI is InChI=1S/C12H15N5O/c1-2-5-17-8-10(7-16-17)18-11-6-9(12(13)14)3-4-15-11/h3-4,6-8H,2,5H2,1H3,(H3,13,14). The SMILES string of the molecule is CCCn1cc(Oc2cc(C(=N)N)ccn2)cn1. The van der Waals surface area contributed by atoms with E-state index >= 15 is 0 Å². The normalized spacial score (nSPS) is 10.3. The molecule has 0 fully saturated rings. The van der Waals surface area contributed by atoms with Crippen LogP contribution in [0.2, 0.25) is 0 Å². The van der Waals surface area contributed by atoms with Gasteiger partial charge in [-0.05, 0) is 12.5 Å². The highest BCUT2D eigenvalue weighted by Gasteiger charge is 2.04. The van der Waals surface area contributed by atoms with Crippen LogP contribution in [0.5, 0.6) is 11.6 Å². The molecule has 0 aliphatic rings. The van der Waals surface area contributed by atoms with Gasteiger partial charge in [0.2, 0.25) is 5.88 Å². The number of aromatic nitrogens is 3. The third-order valence-electron chi connectivity index (χ3n) is 2.33. The molecule has 0 bridgehead atoms. The predicted molar refractivity (Wildman–Crippen MR) is 67.8 cm³/mol. The molecule has 2 rings (SSSR count). The van der Waals surface area contributed by atoms with Crippen LogP contribution in [0.4, 0.5) is 0 Å². The van der Waals surface area contributed by atoms with Gasteiger partial charge in [0.15, 0.2) is 5.75 Å². The molecule has 6 nitrogen and oxygen atoms in total. The van der Waals surface area contributed by atoms with Gasteiger partial charge in [-0.2, -0.15) is 5.10 Å². The third-order valence-corrected chi connectivity index (χ3v) is 2.33. The monoisotopic (exact) mass is 245 g/mol. The number of ether oxygens (including phenoxy) is 1. The van der Waals surface area contributed by atoms with Crippen LogP contribution in [0.1, 0.15) is 18.9 Å². The van der Waals surface area contributed by atoms with E-state index in [0.29, 0.717) is 17.2 Å². The van der Waals surface area contributed by atoms with Crippen molar-refractivity contribution >= 4 is 5.84 Å². The highest BCUT2D eigenvalue weighted by molar-refractivity contribution is 5.95. The summed E-state index contributed by atoms with van der Waals surface area (Å²) in [5.74, 6) is 1.01. The van der Waals surface area contributed by atoms with E-state index in [2.05, 4.69) is 17.0 Å². The van der Waals surface area contributed by atoms with E-state index in [-0.39, 0.29) is 5.84 Å². The molecule has 0 spiro atoms. The molecule has 3 N–H and O–H groups in total. The molecular formula is C12H15N5O. The van der Waals surface area contributed by atoms with Crippen molar-refractivity contribution in [1.29, 1.82) is 5.41 Å². The fourth-order valence-electron chi connectivity index (χ4n) is 1.50. The second-order valence-electron chi connectivity index (χ2n) is 3.84. The zero-order valence-corrected chi connectivity index (χ0v) is 10.1. The van der Waals surface area contributed by atoms with Gasteiger partial charge in [-0.1, -0.05) is 6.92 Å². The summed E-state index contributed by atoms with van der Waals surface area (Å²) in [4.78, 5) is 4.06. The fourth-order valence-corrected chi connectivity index (χ4v) is 1.50. The van der Waals surface area contributed by atoms with E-state index in [9.17, 15) is 0 Å². The molecule has 94 valence electrons. The van der Waals surface area contributed by atoms with E-state index in [1.165, 1.54) is 0 Å². The highest BCUT2D eigenvalue weighted by Crippen LogP contribution is 2.19. The highest BCUT2D eigenvalue weighted by atomic mass is 16.5. The summed E-state index contributed by atoms with van der Waals surface area (Å²) in [5.41, 5.74) is 5.99. The average molecular weight is 245 g/mol. The van der Waals surface area contributed by atoms with Crippen LogP contribution in [0, 0.1) is 5.41 Å². The van der Waals surface area contributed by atoms with Gasteiger partial charge in [0.05, 0.1) is 12.4 Å². The van der Waals surface area contributed by atoms with Crippen molar-refractivity contribution in [3.05, 3.63) is 36.3 Å². The van der Waals surface area contributed by atoms with Crippen molar-refractivity contribution in [2.45, 2.75) is 19.9 Å². The molecule has 0 radical (unpaired) electrons. The third kappa shape index (κ3) is 2.85. The molecular weight excluding hydrogens is 230 g/mol. The summed E-state index contributed by atoms with van der Waals surface area (Å²) in [6.45, 7) is 2.93. The van der Waals surface area contributed by atoms with Crippen LogP contribution < -0.4 is 10.5 Å². The average Bonchev–Trinajstić information content (AvgIpc) is 2.77. The van der Waals surface area contributed by atoms with Crippen molar-refractivity contribution in [3.8, 4) is 11.6 Å². The summed E-state index contributed by atoms with van der Waals surface area (Å²) in [5, 5.41) is 11.5. The molecule has 0 aliphatic carbocycles. The molecule has 0 amide bonds. The van der Waals surface area contributed by atoms with Crippen molar-refractivity contribution in [3.63, 3.8) is 0 Å². The van der Waals surface area contributed by atoms with Gasteiger partial charge >= 0.3 is 0 Å². The number of pyridine rings is 1. The topological polar surface area (TPSA) is 89.8 Å². The molecule has 6 heteroatoms. The summed E-state index contributed by atoms with van der Waals surface area (Å²) < 4.78 is 7.36. The Balaban J connectivity index is 2.12. The maximum atomic E-state index is 7.35. The zero-order chi connectivity index (χ0) is 13.0. The second kappa shape index (κ2) is 5.31. The lowest BCUT2D eigenvalue weighted by atomic mass is 10.2. The van der Waals surface area contributed by atoms with Gasteiger partial charge in [-0.3, -0.25) is 10.1 Å². The lowest BCUT2D eigenvalue weighted by molar-refractivity contribution is 0.461. The van der Waals surface area contributed by atoms with Gasteiger partial charge in [0, 0.05) is 24.4 Å². The van der Waals surface area contributed by atoms with Gasteiger partial charge in [-0.25, -0.2) is 4.98 Å². The molecule has 0 aliphatic heterocycles. The number of nitrogens with zero attached hydrogens (tertiary/aromatic N) is 3. The Morgan fingerprint density at radius 3 is 3.11 bits per heavy atom. The minimum atomic E-state index is -0.0103. The second-order valence-corrected chi connectivity index (χ2v) is 3.84. The number of hydrogen-bond donors (Lipinski definition) is 2. The van der Waals surface area contributed by atoms with Crippen molar-refractivity contribution < 1.29 is 4.74 Å². The number of rotatable bonds is 5. The van der Waals surface area contributed by atoms with Crippen molar-refractivity contribution in [2.24, 2.45) is 5.73 Å².